The molecule has 64 heavy (non-hydrogen) atoms. The lowest BCUT2D eigenvalue weighted by Crippen LogP contribution is -2.43. The SMILES string of the molecule is C=CC(CC1=CC(C)(C)CCC1(C)C)N(C(=C)/C=C(/NC1=CCC(C/C=C\C=C/C)C=C1)C1=CN(CC(=C)C)C(C)=CB1c1cc2c(s1)C(C)(C)CCC2C)C1C=CC(C(C)C)=CC1. The van der Waals surface area contributed by atoms with Crippen molar-refractivity contribution in [3.63, 3.8) is 0 Å². The molecule has 342 valence electrons. The second-order valence-electron chi connectivity index (χ2n) is 22.1. The van der Waals surface area contributed by atoms with E-state index in [9.17, 15) is 0 Å². The van der Waals surface area contributed by atoms with Crippen molar-refractivity contribution in [2.24, 2.45) is 22.7 Å². The van der Waals surface area contributed by atoms with Gasteiger partial charge in [-0.15, -0.1) is 6.58 Å². The molecule has 5 heteroatoms. The van der Waals surface area contributed by atoms with Crippen LogP contribution in [0.2, 0.25) is 0 Å². The molecule has 0 radical (unpaired) electrons. The summed E-state index contributed by atoms with van der Waals surface area (Å²) in [4.78, 5) is 6.55. The van der Waals surface area contributed by atoms with Crippen molar-refractivity contribution >= 4 is 22.8 Å². The average molecular weight is 876 g/mol. The Kier molecular flexibility index (Phi) is 15.8. The first-order valence-electron chi connectivity index (χ1n) is 24.5. The van der Waals surface area contributed by atoms with Crippen LogP contribution < -0.4 is 10.1 Å². The minimum absolute atomic E-state index is 0.0594. The normalized spacial score (nSPS) is 24.5. The molecule has 0 aromatic carbocycles. The van der Waals surface area contributed by atoms with Crippen molar-refractivity contribution in [2.75, 3.05) is 6.54 Å². The summed E-state index contributed by atoms with van der Waals surface area (Å²) >= 11 is 2.04. The topological polar surface area (TPSA) is 18.5 Å². The van der Waals surface area contributed by atoms with Crippen LogP contribution in [0, 0.1) is 22.7 Å². The van der Waals surface area contributed by atoms with Gasteiger partial charge in [-0.2, -0.15) is 11.3 Å². The summed E-state index contributed by atoms with van der Waals surface area (Å²) in [5, 5.41) is 4.08. The minimum atomic E-state index is 0.0594. The van der Waals surface area contributed by atoms with Crippen LogP contribution in [0.1, 0.15) is 151 Å². The number of hydrogen-bond donors (Lipinski definition) is 1. The third kappa shape index (κ3) is 11.8. The molecule has 4 unspecified atom stereocenters. The fourth-order valence-electron chi connectivity index (χ4n) is 10.3. The van der Waals surface area contributed by atoms with E-state index in [2.05, 4.69) is 209 Å². The zero-order valence-corrected chi connectivity index (χ0v) is 42.8. The fraction of sp³-hybridized carbons (Fsp3) is 0.492. The zero-order chi connectivity index (χ0) is 46.6. The van der Waals surface area contributed by atoms with Gasteiger partial charge in [-0.1, -0.05) is 165 Å². The highest BCUT2D eigenvalue weighted by molar-refractivity contribution is 7.25. The molecule has 4 atom stereocenters. The Labute approximate surface area is 395 Å². The number of rotatable bonds is 17. The molecule has 1 aromatic rings. The van der Waals surface area contributed by atoms with Crippen molar-refractivity contribution in [3.05, 3.63) is 172 Å². The van der Waals surface area contributed by atoms with Crippen molar-refractivity contribution in [3.8, 4) is 0 Å². The van der Waals surface area contributed by atoms with Crippen LogP contribution in [0.4, 0.5) is 0 Å². The molecule has 0 saturated heterocycles. The lowest BCUT2D eigenvalue weighted by atomic mass is 9.41. The van der Waals surface area contributed by atoms with Crippen molar-refractivity contribution < 1.29 is 0 Å². The predicted molar refractivity (Wildman–Crippen MR) is 284 cm³/mol. The lowest BCUT2D eigenvalue weighted by Gasteiger charge is -2.44. The predicted octanol–water partition coefficient (Wildman–Crippen LogP) is 15.3. The van der Waals surface area contributed by atoms with Gasteiger partial charge in [-0.3, -0.25) is 0 Å². The van der Waals surface area contributed by atoms with Crippen LogP contribution in [0.3, 0.4) is 0 Å². The van der Waals surface area contributed by atoms with E-state index >= 15 is 0 Å². The van der Waals surface area contributed by atoms with Crippen LogP contribution in [0.25, 0.3) is 0 Å². The van der Waals surface area contributed by atoms with Gasteiger partial charge in [0.25, 0.3) is 6.71 Å². The van der Waals surface area contributed by atoms with E-state index in [1.54, 1.807) is 10.4 Å². The summed E-state index contributed by atoms with van der Waals surface area (Å²) in [5.74, 6) is 4.04. The first kappa shape index (κ1) is 49.2. The maximum atomic E-state index is 5.03. The smallest absolute Gasteiger partial charge is 0.252 e. The maximum absolute atomic E-state index is 5.03. The van der Waals surface area contributed by atoms with Crippen molar-refractivity contribution in [1.82, 2.24) is 15.1 Å². The lowest BCUT2D eigenvalue weighted by molar-refractivity contribution is 0.224. The Morgan fingerprint density at radius 3 is 2.41 bits per heavy atom. The molecule has 1 aromatic heterocycles. The summed E-state index contributed by atoms with van der Waals surface area (Å²) < 4.78 is 1.42. The summed E-state index contributed by atoms with van der Waals surface area (Å²) in [7, 11) is 0. The average Bonchev–Trinajstić information content (AvgIpc) is 3.71. The van der Waals surface area contributed by atoms with E-state index in [1.807, 2.05) is 11.3 Å². The van der Waals surface area contributed by atoms with Crippen LogP contribution >= 0.6 is 11.3 Å². The second kappa shape index (κ2) is 20.5. The van der Waals surface area contributed by atoms with E-state index < -0.39 is 0 Å². The second-order valence-corrected chi connectivity index (χ2v) is 23.2. The molecular weight excluding hydrogens is 794 g/mol. The summed E-state index contributed by atoms with van der Waals surface area (Å²) in [6.45, 7) is 42.9. The monoisotopic (exact) mass is 876 g/mol. The fourth-order valence-corrected chi connectivity index (χ4v) is 11.8. The van der Waals surface area contributed by atoms with E-state index in [0.29, 0.717) is 17.8 Å². The molecule has 3 nitrogen and oxygen atoms in total. The summed E-state index contributed by atoms with van der Waals surface area (Å²) in [5.41, 5.74) is 11.9. The Balaban J connectivity index is 1.49. The standard InChI is InChI=1S/C59H82BN3S/c1-16-18-19-20-21-46-22-26-49(27-23-46)61-54(53-40-62(39-41(3)4)45(9)38-60(53)55-36-52-43(7)30-31-59(14,15)56(52)64-55)34-44(8)63(51-28-24-47(25-29-51)42(5)6)50(17-2)35-48-37-57(10,11)32-33-58(48,12)13/h16-20,22,24-28,34,36-38,40,42-43,46,50-51,61H,2-3,8,21,23,29-33,35,39H2,1,4-7,9-15H3/b18-16-,20-19-,54-34+. The third-order valence-corrected chi connectivity index (χ3v) is 16.3. The maximum Gasteiger partial charge on any atom is 0.252 e. The molecule has 0 amide bonds. The van der Waals surface area contributed by atoms with Gasteiger partial charge in [0.1, 0.15) is 0 Å². The minimum Gasteiger partial charge on any atom is -0.358 e. The van der Waals surface area contributed by atoms with E-state index in [-0.39, 0.29) is 35.0 Å². The number of allylic oxidation sites excluding steroid dienone is 13. The molecule has 0 spiro atoms. The molecular formula is C59H82BN3S. The van der Waals surface area contributed by atoms with E-state index in [4.69, 9.17) is 6.58 Å². The molecule has 0 fully saturated rings. The van der Waals surface area contributed by atoms with Gasteiger partial charge in [-0.05, 0) is 140 Å². The zero-order valence-electron chi connectivity index (χ0n) is 42.0. The highest BCUT2D eigenvalue weighted by Crippen LogP contribution is 2.47. The van der Waals surface area contributed by atoms with E-state index in [0.717, 1.165) is 54.9 Å². The first-order valence-corrected chi connectivity index (χ1v) is 25.3. The van der Waals surface area contributed by atoms with Gasteiger partial charge < -0.3 is 15.1 Å². The molecule has 0 saturated carbocycles. The number of fused-ring (bicyclic) bond motifs is 1. The van der Waals surface area contributed by atoms with Gasteiger partial charge in [0.05, 0.1) is 12.1 Å². The largest absolute Gasteiger partial charge is 0.358 e. The van der Waals surface area contributed by atoms with Crippen molar-refractivity contribution in [1.29, 1.82) is 0 Å². The Morgan fingerprint density at radius 1 is 1.02 bits per heavy atom. The van der Waals surface area contributed by atoms with Crippen LogP contribution in [0.5, 0.6) is 0 Å². The third-order valence-electron chi connectivity index (χ3n) is 14.7. The van der Waals surface area contributed by atoms with Crippen LogP contribution in [0.15, 0.2) is 162 Å². The number of thiophene rings is 1. The molecule has 5 aliphatic rings. The Bertz CT molecular complexity index is 2230. The number of hydrogen-bond acceptors (Lipinski definition) is 4. The Morgan fingerprint density at radius 2 is 1.78 bits per heavy atom. The van der Waals surface area contributed by atoms with Crippen LogP contribution in [-0.2, 0) is 5.41 Å². The molecule has 4 aliphatic carbocycles. The summed E-state index contributed by atoms with van der Waals surface area (Å²) in [6.07, 6.45) is 41.3. The highest BCUT2D eigenvalue weighted by atomic mass is 32.1. The molecule has 2 heterocycles. The van der Waals surface area contributed by atoms with Gasteiger partial charge in [0.2, 0.25) is 0 Å². The van der Waals surface area contributed by atoms with Gasteiger partial charge in [0.15, 0.2) is 0 Å². The molecule has 0 bridgehead atoms. The van der Waals surface area contributed by atoms with Gasteiger partial charge >= 0.3 is 0 Å². The van der Waals surface area contributed by atoms with Crippen LogP contribution in [-0.4, -0.2) is 35.1 Å². The van der Waals surface area contributed by atoms with Gasteiger partial charge in [-0.25, -0.2) is 0 Å². The summed E-state index contributed by atoms with van der Waals surface area (Å²) in [6, 6.07) is 2.77. The number of nitrogens with zero attached hydrogens (tertiary/aromatic N) is 2. The van der Waals surface area contributed by atoms with Crippen molar-refractivity contribution in [2.45, 2.75) is 158 Å². The quantitative estimate of drug-likeness (QED) is 0.0956. The molecule has 1 N–H and O–H groups in total. The van der Waals surface area contributed by atoms with Gasteiger partial charge in [0, 0.05) is 40.4 Å². The molecule has 1 aliphatic heterocycles. The molecule has 6 rings (SSSR count). The van der Waals surface area contributed by atoms with E-state index in [1.165, 1.54) is 52.8 Å². The number of nitrogens with one attached hydrogen (secondary N) is 1. The highest BCUT2D eigenvalue weighted by Gasteiger charge is 2.39. The first-order chi connectivity index (χ1) is 30.2. The Hall–Kier alpha value is -4.22.